The Labute approximate surface area is 121 Å². The van der Waals surface area contributed by atoms with Crippen LogP contribution in [0.1, 0.15) is 50.3 Å². The summed E-state index contributed by atoms with van der Waals surface area (Å²) in [6, 6.07) is 10.8. The number of aryl methyl sites for hydroxylation is 1. The maximum Gasteiger partial charge on any atom is 0.0705 e. The summed E-state index contributed by atoms with van der Waals surface area (Å²) in [6.45, 7) is 4.38. The molecule has 1 aromatic carbocycles. The molecule has 1 heterocycles. The summed E-state index contributed by atoms with van der Waals surface area (Å²) in [4.78, 5) is 4.57. The van der Waals surface area contributed by atoms with Gasteiger partial charge >= 0.3 is 0 Å². The van der Waals surface area contributed by atoms with Crippen LogP contribution in [-0.4, -0.2) is 4.98 Å². The molecule has 1 saturated carbocycles. The molecule has 1 aliphatic rings. The van der Waals surface area contributed by atoms with Crippen LogP contribution >= 0.6 is 0 Å². The lowest BCUT2D eigenvalue weighted by Gasteiger charge is -2.29. The van der Waals surface area contributed by atoms with Crippen molar-refractivity contribution in [2.75, 3.05) is 0 Å². The molecule has 2 aromatic rings. The lowest BCUT2D eigenvalue weighted by atomic mass is 9.83. The van der Waals surface area contributed by atoms with Crippen LogP contribution in [0.3, 0.4) is 0 Å². The van der Waals surface area contributed by atoms with E-state index >= 15 is 0 Å². The summed E-state index contributed by atoms with van der Waals surface area (Å²) in [6.07, 6.45) is 5.98. The SMILES string of the molecule is Cc1ccc2cc(C3(N)CCCC(C)CC3)ccc2n1. The molecular weight excluding hydrogens is 244 g/mol. The van der Waals surface area contributed by atoms with E-state index < -0.39 is 0 Å². The van der Waals surface area contributed by atoms with Gasteiger partial charge in [-0.3, -0.25) is 4.98 Å². The topological polar surface area (TPSA) is 38.9 Å². The second kappa shape index (κ2) is 5.17. The summed E-state index contributed by atoms with van der Waals surface area (Å²) in [5, 5.41) is 1.20. The van der Waals surface area contributed by atoms with Crippen LogP contribution in [0.5, 0.6) is 0 Å². The van der Waals surface area contributed by atoms with Gasteiger partial charge in [-0.05, 0) is 55.9 Å². The van der Waals surface area contributed by atoms with Gasteiger partial charge in [0.15, 0.2) is 0 Å². The number of nitrogens with two attached hydrogens (primary N) is 1. The maximum atomic E-state index is 6.74. The molecule has 0 saturated heterocycles. The zero-order chi connectivity index (χ0) is 14.2. The molecule has 1 aliphatic carbocycles. The predicted octanol–water partition coefficient (Wildman–Crippen LogP) is 4.30. The number of rotatable bonds is 1. The highest BCUT2D eigenvalue weighted by molar-refractivity contribution is 5.79. The Morgan fingerprint density at radius 2 is 2.00 bits per heavy atom. The van der Waals surface area contributed by atoms with Crippen molar-refractivity contribution in [1.29, 1.82) is 0 Å². The molecule has 2 N–H and O–H groups in total. The highest BCUT2D eigenvalue weighted by Crippen LogP contribution is 2.36. The van der Waals surface area contributed by atoms with E-state index in [2.05, 4.69) is 42.2 Å². The molecule has 1 fully saturated rings. The van der Waals surface area contributed by atoms with Gasteiger partial charge in [0.05, 0.1) is 5.52 Å². The smallest absolute Gasteiger partial charge is 0.0705 e. The van der Waals surface area contributed by atoms with Gasteiger partial charge in [-0.2, -0.15) is 0 Å². The largest absolute Gasteiger partial charge is 0.321 e. The number of aromatic nitrogens is 1. The molecule has 106 valence electrons. The Bertz CT molecular complexity index is 620. The zero-order valence-corrected chi connectivity index (χ0v) is 12.5. The van der Waals surface area contributed by atoms with E-state index in [1.54, 1.807) is 0 Å². The predicted molar refractivity (Wildman–Crippen MR) is 84.6 cm³/mol. The average Bonchev–Trinajstić information content (AvgIpc) is 2.61. The van der Waals surface area contributed by atoms with E-state index in [-0.39, 0.29) is 5.54 Å². The quantitative estimate of drug-likeness (QED) is 0.783. The first-order valence-corrected chi connectivity index (χ1v) is 7.74. The lowest BCUT2D eigenvalue weighted by molar-refractivity contribution is 0.378. The first-order chi connectivity index (χ1) is 9.57. The molecular formula is C18H24N2. The fraction of sp³-hybridized carbons (Fsp3) is 0.500. The monoisotopic (exact) mass is 268 g/mol. The highest BCUT2D eigenvalue weighted by Gasteiger charge is 2.30. The van der Waals surface area contributed by atoms with E-state index in [4.69, 9.17) is 5.73 Å². The number of hydrogen-bond donors (Lipinski definition) is 1. The van der Waals surface area contributed by atoms with Crippen molar-refractivity contribution in [1.82, 2.24) is 4.98 Å². The van der Waals surface area contributed by atoms with Crippen molar-refractivity contribution < 1.29 is 0 Å². The van der Waals surface area contributed by atoms with Crippen LogP contribution in [0.25, 0.3) is 10.9 Å². The molecule has 0 aliphatic heterocycles. The van der Waals surface area contributed by atoms with E-state index in [1.807, 2.05) is 6.92 Å². The minimum atomic E-state index is -0.149. The molecule has 1 aromatic heterocycles. The van der Waals surface area contributed by atoms with Crippen molar-refractivity contribution in [2.45, 2.75) is 51.5 Å². The second-order valence-corrected chi connectivity index (χ2v) is 6.55. The Morgan fingerprint density at radius 3 is 2.85 bits per heavy atom. The number of benzene rings is 1. The first-order valence-electron chi connectivity index (χ1n) is 7.74. The fourth-order valence-corrected chi connectivity index (χ4v) is 3.37. The van der Waals surface area contributed by atoms with Crippen LogP contribution in [0, 0.1) is 12.8 Å². The normalized spacial score (nSPS) is 27.4. The second-order valence-electron chi connectivity index (χ2n) is 6.55. The van der Waals surface area contributed by atoms with E-state index in [0.717, 1.165) is 30.0 Å². The molecule has 2 unspecified atom stereocenters. The number of nitrogens with zero attached hydrogens (tertiary/aromatic N) is 1. The van der Waals surface area contributed by atoms with Crippen LogP contribution in [0.2, 0.25) is 0 Å². The van der Waals surface area contributed by atoms with Gasteiger partial charge in [0.2, 0.25) is 0 Å². The van der Waals surface area contributed by atoms with Gasteiger partial charge in [0, 0.05) is 16.6 Å². The molecule has 2 heteroatoms. The number of pyridine rings is 1. The third-order valence-corrected chi connectivity index (χ3v) is 4.81. The van der Waals surface area contributed by atoms with E-state index in [1.165, 1.54) is 30.2 Å². The molecule has 0 spiro atoms. The molecule has 2 nitrogen and oxygen atoms in total. The van der Waals surface area contributed by atoms with Gasteiger partial charge in [0.25, 0.3) is 0 Å². The molecule has 0 bridgehead atoms. The molecule has 0 radical (unpaired) electrons. The minimum Gasteiger partial charge on any atom is -0.321 e. The lowest BCUT2D eigenvalue weighted by Crippen LogP contribution is -2.36. The van der Waals surface area contributed by atoms with Crippen molar-refractivity contribution >= 4 is 10.9 Å². The van der Waals surface area contributed by atoms with E-state index in [9.17, 15) is 0 Å². The number of fused-ring (bicyclic) bond motifs is 1. The summed E-state index contributed by atoms with van der Waals surface area (Å²) < 4.78 is 0. The summed E-state index contributed by atoms with van der Waals surface area (Å²) >= 11 is 0. The Kier molecular flexibility index (Phi) is 3.51. The van der Waals surface area contributed by atoms with Crippen molar-refractivity contribution in [3.63, 3.8) is 0 Å². The van der Waals surface area contributed by atoms with Crippen molar-refractivity contribution in [3.05, 3.63) is 41.6 Å². The third kappa shape index (κ3) is 2.57. The van der Waals surface area contributed by atoms with E-state index in [0.29, 0.717) is 0 Å². The standard InChI is InChI=1S/C18H24N2/c1-13-4-3-10-18(19,11-9-13)16-7-8-17-15(12-16)6-5-14(2)20-17/h5-8,12-13H,3-4,9-11,19H2,1-2H3. The van der Waals surface area contributed by atoms with Gasteiger partial charge in [-0.25, -0.2) is 0 Å². The van der Waals surface area contributed by atoms with Crippen LogP contribution in [-0.2, 0) is 5.54 Å². The van der Waals surface area contributed by atoms with Crippen molar-refractivity contribution in [2.24, 2.45) is 11.7 Å². The van der Waals surface area contributed by atoms with Gasteiger partial charge in [0.1, 0.15) is 0 Å². The summed E-state index contributed by atoms with van der Waals surface area (Å²) in [5.74, 6) is 0.810. The maximum absolute atomic E-state index is 6.74. The third-order valence-electron chi connectivity index (χ3n) is 4.81. The van der Waals surface area contributed by atoms with Gasteiger partial charge in [-0.1, -0.05) is 31.9 Å². The Balaban J connectivity index is 1.98. The molecule has 2 atom stereocenters. The molecule has 0 amide bonds. The zero-order valence-electron chi connectivity index (χ0n) is 12.5. The highest BCUT2D eigenvalue weighted by atomic mass is 14.7. The van der Waals surface area contributed by atoms with Crippen LogP contribution < -0.4 is 5.73 Å². The minimum absolute atomic E-state index is 0.149. The Morgan fingerprint density at radius 1 is 1.15 bits per heavy atom. The number of hydrogen-bond acceptors (Lipinski definition) is 2. The average molecular weight is 268 g/mol. The fourth-order valence-electron chi connectivity index (χ4n) is 3.37. The van der Waals surface area contributed by atoms with Gasteiger partial charge < -0.3 is 5.73 Å². The van der Waals surface area contributed by atoms with Crippen LogP contribution in [0.4, 0.5) is 0 Å². The first kappa shape index (κ1) is 13.6. The van der Waals surface area contributed by atoms with Gasteiger partial charge in [-0.15, -0.1) is 0 Å². The van der Waals surface area contributed by atoms with Crippen molar-refractivity contribution in [3.8, 4) is 0 Å². The Hall–Kier alpha value is -1.41. The summed E-state index contributed by atoms with van der Waals surface area (Å²) in [5.41, 5.74) is 10.0. The summed E-state index contributed by atoms with van der Waals surface area (Å²) in [7, 11) is 0. The molecule has 20 heavy (non-hydrogen) atoms. The van der Waals surface area contributed by atoms with Crippen LogP contribution in [0.15, 0.2) is 30.3 Å². The molecule has 3 rings (SSSR count).